The number of nitrogens with one attached hydrogen (secondary N) is 1. The summed E-state index contributed by atoms with van der Waals surface area (Å²) in [5, 5.41) is 0.875. The van der Waals surface area contributed by atoms with Crippen LogP contribution in [-0.4, -0.2) is 22.1 Å². The molecule has 0 spiro atoms. The van der Waals surface area contributed by atoms with E-state index in [1.807, 2.05) is 6.20 Å². The lowest BCUT2D eigenvalue weighted by Crippen LogP contribution is -1.89. The SMILES string of the molecule is COc1ncnc2[nH]cc(Br)c12. The van der Waals surface area contributed by atoms with Crippen LogP contribution in [0, 0.1) is 0 Å². The van der Waals surface area contributed by atoms with Gasteiger partial charge in [-0.2, -0.15) is 0 Å². The predicted octanol–water partition coefficient (Wildman–Crippen LogP) is 1.73. The zero-order chi connectivity index (χ0) is 8.55. The minimum atomic E-state index is 0.577. The summed E-state index contributed by atoms with van der Waals surface area (Å²) in [6.45, 7) is 0. The average molecular weight is 228 g/mol. The summed E-state index contributed by atoms with van der Waals surface area (Å²) in [6, 6.07) is 0. The third kappa shape index (κ3) is 0.972. The Morgan fingerprint density at radius 1 is 1.50 bits per heavy atom. The van der Waals surface area contributed by atoms with Crippen LogP contribution in [0.1, 0.15) is 0 Å². The van der Waals surface area contributed by atoms with Crippen molar-refractivity contribution in [3.05, 3.63) is 17.0 Å². The highest BCUT2D eigenvalue weighted by atomic mass is 79.9. The summed E-state index contributed by atoms with van der Waals surface area (Å²) >= 11 is 3.37. The van der Waals surface area contributed by atoms with Gasteiger partial charge in [0, 0.05) is 10.7 Å². The number of aromatic amines is 1. The second-order valence-corrected chi connectivity index (χ2v) is 3.10. The van der Waals surface area contributed by atoms with Gasteiger partial charge in [0.25, 0.3) is 0 Å². The molecule has 2 heterocycles. The van der Waals surface area contributed by atoms with Gasteiger partial charge in [0.1, 0.15) is 12.0 Å². The summed E-state index contributed by atoms with van der Waals surface area (Å²) in [7, 11) is 1.58. The Balaban J connectivity index is 2.84. The molecule has 2 rings (SSSR count). The van der Waals surface area contributed by atoms with Gasteiger partial charge < -0.3 is 9.72 Å². The lowest BCUT2D eigenvalue weighted by atomic mass is 10.4. The summed E-state index contributed by atoms with van der Waals surface area (Å²) in [5.41, 5.74) is 0.772. The van der Waals surface area contributed by atoms with Crippen molar-refractivity contribution in [2.24, 2.45) is 0 Å². The van der Waals surface area contributed by atoms with Gasteiger partial charge in [-0.3, -0.25) is 0 Å². The third-order valence-corrected chi connectivity index (χ3v) is 2.21. The number of methoxy groups -OCH3 is 1. The number of H-pyrrole nitrogens is 1. The molecule has 0 aliphatic rings. The molecule has 4 nitrogen and oxygen atoms in total. The first-order chi connectivity index (χ1) is 5.83. The van der Waals surface area contributed by atoms with Gasteiger partial charge in [-0.1, -0.05) is 0 Å². The van der Waals surface area contributed by atoms with Gasteiger partial charge in [-0.25, -0.2) is 9.97 Å². The molecular formula is C7H6BrN3O. The van der Waals surface area contributed by atoms with Crippen LogP contribution < -0.4 is 4.74 Å². The molecule has 0 fully saturated rings. The van der Waals surface area contributed by atoms with E-state index >= 15 is 0 Å². The number of halogens is 1. The van der Waals surface area contributed by atoms with Gasteiger partial charge >= 0.3 is 0 Å². The fourth-order valence-electron chi connectivity index (χ4n) is 1.05. The molecule has 62 valence electrons. The van der Waals surface area contributed by atoms with Crippen molar-refractivity contribution in [3.63, 3.8) is 0 Å². The van der Waals surface area contributed by atoms with E-state index < -0.39 is 0 Å². The van der Waals surface area contributed by atoms with E-state index in [1.54, 1.807) is 7.11 Å². The molecule has 0 amide bonds. The Morgan fingerprint density at radius 3 is 3.08 bits per heavy atom. The van der Waals surface area contributed by atoms with Crippen molar-refractivity contribution in [2.75, 3.05) is 7.11 Å². The Kier molecular flexibility index (Phi) is 1.73. The Hall–Kier alpha value is -1.10. The van der Waals surface area contributed by atoms with Crippen LogP contribution >= 0.6 is 15.9 Å². The fraction of sp³-hybridized carbons (Fsp3) is 0.143. The van der Waals surface area contributed by atoms with Gasteiger partial charge in [0.2, 0.25) is 5.88 Å². The summed E-state index contributed by atoms with van der Waals surface area (Å²) < 4.78 is 5.98. The van der Waals surface area contributed by atoms with Crippen LogP contribution in [0.3, 0.4) is 0 Å². The molecule has 0 aliphatic heterocycles. The van der Waals surface area contributed by atoms with Gasteiger partial charge in [-0.15, -0.1) is 0 Å². The second-order valence-electron chi connectivity index (χ2n) is 2.24. The molecule has 12 heavy (non-hydrogen) atoms. The number of aromatic nitrogens is 3. The molecule has 0 unspecified atom stereocenters. The molecule has 5 heteroatoms. The molecule has 0 aromatic carbocycles. The van der Waals surface area contributed by atoms with Crippen molar-refractivity contribution < 1.29 is 4.74 Å². The second kappa shape index (κ2) is 2.75. The van der Waals surface area contributed by atoms with Crippen LogP contribution in [-0.2, 0) is 0 Å². The number of hydrogen-bond donors (Lipinski definition) is 1. The van der Waals surface area contributed by atoms with Crippen LogP contribution in [0.15, 0.2) is 17.0 Å². The van der Waals surface area contributed by atoms with Crippen LogP contribution in [0.2, 0.25) is 0 Å². The van der Waals surface area contributed by atoms with E-state index in [0.29, 0.717) is 5.88 Å². The molecule has 1 N–H and O–H groups in total. The van der Waals surface area contributed by atoms with Crippen molar-refractivity contribution in [1.29, 1.82) is 0 Å². The molecular weight excluding hydrogens is 222 g/mol. The van der Waals surface area contributed by atoms with Gasteiger partial charge in [-0.05, 0) is 15.9 Å². The van der Waals surface area contributed by atoms with Gasteiger partial charge in [0.05, 0.1) is 12.5 Å². The highest BCUT2D eigenvalue weighted by molar-refractivity contribution is 9.10. The van der Waals surface area contributed by atoms with Crippen molar-refractivity contribution in [2.45, 2.75) is 0 Å². The predicted molar refractivity (Wildman–Crippen MR) is 48.1 cm³/mol. The standard InChI is InChI=1S/C7H6BrN3O/c1-12-7-5-4(8)2-9-6(5)10-3-11-7/h2-3H,1H3,(H,9,10,11). The summed E-state index contributed by atoms with van der Waals surface area (Å²) in [6.07, 6.45) is 3.27. The molecule has 0 aliphatic carbocycles. The monoisotopic (exact) mass is 227 g/mol. The average Bonchev–Trinajstić information content (AvgIpc) is 2.48. The molecule has 0 bridgehead atoms. The van der Waals surface area contributed by atoms with Crippen molar-refractivity contribution in [1.82, 2.24) is 15.0 Å². The first kappa shape index (κ1) is 7.54. The maximum absolute atomic E-state index is 5.07. The van der Waals surface area contributed by atoms with E-state index in [9.17, 15) is 0 Å². The van der Waals surface area contributed by atoms with Crippen LogP contribution in [0.25, 0.3) is 11.0 Å². The molecule has 0 saturated carbocycles. The Labute approximate surface area is 77.1 Å². The van der Waals surface area contributed by atoms with E-state index in [-0.39, 0.29) is 0 Å². The highest BCUT2D eigenvalue weighted by Crippen LogP contribution is 2.28. The number of rotatable bonds is 1. The zero-order valence-electron chi connectivity index (χ0n) is 6.34. The van der Waals surface area contributed by atoms with Gasteiger partial charge in [0.15, 0.2) is 0 Å². The first-order valence-corrected chi connectivity index (χ1v) is 4.14. The van der Waals surface area contributed by atoms with E-state index in [4.69, 9.17) is 4.74 Å². The van der Waals surface area contributed by atoms with Crippen LogP contribution in [0.5, 0.6) is 5.88 Å². The minimum Gasteiger partial charge on any atom is -0.480 e. The summed E-state index contributed by atoms with van der Waals surface area (Å²) in [5.74, 6) is 0.577. The van der Waals surface area contributed by atoms with Crippen LogP contribution in [0.4, 0.5) is 0 Å². The number of nitrogens with zero attached hydrogens (tertiary/aromatic N) is 2. The van der Waals surface area contributed by atoms with Crippen molar-refractivity contribution >= 4 is 27.0 Å². The van der Waals surface area contributed by atoms with Crippen molar-refractivity contribution in [3.8, 4) is 5.88 Å². The lowest BCUT2D eigenvalue weighted by molar-refractivity contribution is 0.402. The Bertz CT molecular complexity index is 412. The maximum Gasteiger partial charge on any atom is 0.226 e. The zero-order valence-corrected chi connectivity index (χ0v) is 7.92. The third-order valence-electron chi connectivity index (χ3n) is 1.58. The molecule has 0 radical (unpaired) electrons. The van der Waals surface area contributed by atoms with E-state index in [1.165, 1.54) is 6.33 Å². The Morgan fingerprint density at radius 2 is 2.33 bits per heavy atom. The normalized spacial score (nSPS) is 10.5. The largest absolute Gasteiger partial charge is 0.480 e. The topological polar surface area (TPSA) is 50.8 Å². The minimum absolute atomic E-state index is 0.577. The summed E-state index contributed by atoms with van der Waals surface area (Å²) in [4.78, 5) is 11.0. The number of hydrogen-bond acceptors (Lipinski definition) is 3. The molecule has 2 aromatic rings. The molecule has 2 aromatic heterocycles. The number of fused-ring (bicyclic) bond motifs is 1. The fourth-order valence-corrected chi connectivity index (χ4v) is 1.52. The maximum atomic E-state index is 5.07. The van der Waals surface area contributed by atoms with E-state index in [0.717, 1.165) is 15.5 Å². The highest BCUT2D eigenvalue weighted by Gasteiger charge is 2.08. The lowest BCUT2D eigenvalue weighted by Gasteiger charge is -1.98. The van der Waals surface area contributed by atoms with E-state index in [2.05, 4.69) is 30.9 Å². The molecule has 0 saturated heterocycles. The quantitative estimate of drug-likeness (QED) is 0.808. The first-order valence-electron chi connectivity index (χ1n) is 3.34. The number of ether oxygens (including phenoxy) is 1. The molecule has 0 atom stereocenters. The smallest absolute Gasteiger partial charge is 0.226 e.